The van der Waals surface area contributed by atoms with Crippen molar-refractivity contribution in [3.63, 3.8) is 0 Å². The van der Waals surface area contributed by atoms with Gasteiger partial charge in [-0.3, -0.25) is 4.90 Å². The standard InChI is InChI=1S/C21H27NO4/c1-23-17-6-4-7-18(14-17)26-13-12-22-11-10-16(15-22)19-8-5-9-20(24-2)21(19)25-3/h4-9,14,16H,10-13,15H2,1-3H3/t16-/m1/s1. The summed E-state index contributed by atoms with van der Waals surface area (Å²) in [6.45, 7) is 3.63. The van der Waals surface area contributed by atoms with Crippen molar-refractivity contribution in [2.45, 2.75) is 12.3 Å². The summed E-state index contributed by atoms with van der Waals surface area (Å²) in [5, 5.41) is 0. The third kappa shape index (κ3) is 4.22. The maximum Gasteiger partial charge on any atom is 0.164 e. The number of hydrogen-bond acceptors (Lipinski definition) is 5. The van der Waals surface area contributed by atoms with Crippen molar-refractivity contribution in [2.24, 2.45) is 0 Å². The van der Waals surface area contributed by atoms with Gasteiger partial charge in [0.25, 0.3) is 0 Å². The van der Waals surface area contributed by atoms with Crippen LogP contribution in [0.4, 0.5) is 0 Å². The lowest BCUT2D eigenvalue weighted by molar-refractivity contribution is 0.235. The number of rotatable bonds is 8. The van der Waals surface area contributed by atoms with Crippen LogP contribution in [-0.2, 0) is 0 Å². The van der Waals surface area contributed by atoms with E-state index in [2.05, 4.69) is 11.0 Å². The summed E-state index contributed by atoms with van der Waals surface area (Å²) in [7, 11) is 5.05. The number of hydrogen-bond donors (Lipinski definition) is 0. The fourth-order valence-corrected chi connectivity index (χ4v) is 3.51. The molecule has 0 aromatic heterocycles. The van der Waals surface area contributed by atoms with E-state index in [9.17, 15) is 0 Å². The summed E-state index contributed by atoms with van der Waals surface area (Å²) in [6, 6.07) is 13.8. The summed E-state index contributed by atoms with van der Waals surface area (Å²) < 4.78 is 22.1. The van der Waals surface area contributed by atoms with Gasteiger partial charge in [0.2, 0.25) is 0 Å². The zero-order valence-electron chi connectivity index (χ0n) is 15.7. The maximum atomic E-state index is 5.87. The van der Waals surface area contributed by atoms with Crippen LogP contribution in [0.5, 0.6) is 23.0 Å². The molecule has 5 nitrogen and oxygen atoms in total. The summed E-state index contributed by atoms with van der Waals surface area (Å²) >= 11 is 0. The summed E-state index contributed by atoms with van der Waals surface area (Å²) in [6.07, 6.45) is 1.11. The fourth-order valence-electron chi connectivity index (χ4n) is 3.51. The fraction of sp³-hybridized carbons (Fsp3) is 0.429. The maximum absolute atomic E-state index is 5.87. The molecule has 2 aromatic carbocycles. The molecule has 0 spiro atoms. The Bertz CT molecular complexity index is 719. The lowest BCUT2D eigenvalue weighted by atomic mass is 9.97. The minimum Gasteiger partial charge on any atom is -0.497 e. The molecule has 1 aliphatic rings. The van der Waals surface area contributed by atoms with Crippen LogP contribution >= 0.6 is 0 Å². The van der Waals surface area contributed by atoms with E-state index >= 15 is 0 Å². The Labute approximate surface area is 155 Å². The first-order valence-corrected chi connectivity index (χ1v) is 8.95. The molecule has 1 fully saturated rings. The van der Waals surface area contributed by atoms with E-state index in [-0.39, 0.29) is 0 Å². The van der Waals surface area contributed by atoms with Gasteiger partial charge >= 0.3 is 0 Å². The Kier molecular flexibility index (Phi) is 6.23. The van der Waals surface area contributed by atoms with Gasteiger partial charge in [-0.25, -0.2) is 0 Å². The highest BCUT2D eigenvalue weighted by Gasteiger charge is 2.27. The third-order valence-corrected chi connectivity index (χ3v) is 4.86. The van der Waals surface area contributed by atoms with Gasteiger partial charge in [-0.05, 0) is 31.2 Å². The van der Waals surface area contributed by atoms with Gasteiger partial charge in [0, 0.05) is 30.6 Å². The van der Waals surface area contributed by atoms with Crippen molar-refractivity contribution in [1.82, 2.24) is 4.90 Å². The topological polar surface area (TPSA) is 40.2 Å². The monoisotopic (exact) mass is 357 g/mol. The Balaban J connectivity index is 1.54. The SMILES string of the molecule is COc1cccc(OCCN2CC[C@@H](c3cccc(OC)c3OC)C2)c1. The molecule has 0 amide bonds. The van der Waals surface area contributed by atoms with Crippen LogP contribution in [0, 0.1) is 0 Å². The Morgan fingerprint density at radius 3 is 2.54 bits per heavy atom. The van der Waals surface area contributed by atoms with E-state index in [4.69, 9.17) is 18.9 Å². The van der Waals surface area contributed by atoms with Crippen molar-refractivity contribution < 1.29 is 18.9 Å². The van der Waals surface area contributed by atoms with Gasteiger partial charge in [0.1, 0.15) is 18.1 Å². The van der Waals surface area contributed by atoms with Crippen molar-refractivity contribution >= 4 is 0 Å². The van der Waals surface area contributed by atoms with Gasteiger partial charge in [-0.1, -0.05) is 18.2 Å². The summed E-state index contributed by atoms with van der Waals surface area (Å²) in [5.41, 5.74) is 1.23. The zero-order chi connectivity index (χ0) is 18.4. The van der Waals surface area contributed by atoms with Gasteiger partial charge in [-0.15, -0.1) is 0 Å². The zero-order valence-corrected chi connectivity index (χ0v) is 15.7. The van der Waals surface area contributed by atoms with Crippen LogP contribution in [0.25, 0.3) is 0 Å². The highest BCUT2D eigenvalue weighted by Crippen LogP contribution is 2.39. The minimum absolute atomic E-state index is 0.455. The van der Waals surface area contributed by atoms with Gasteiger partial charge in [0.15, 0.2) is 11.5 Å². The molecule has 0 aliphatic carbocycles. The molecular formula is C21H27NO4. The number of methoxy groups -OCH3 is 3. The van der Waals surface area contributed by atoms with E-state index in [1.54, 1.807) is 21.3 Å². The average Bonchev–Trinajstić information content (AvgIpc) is 3.16. The molecule has 3 rings (SSSR count). The number of likely N-dealkylation sites (tertiary alicyclic amines) is 1. The smallest absolute Gasteiger partial charge is 0.164 e. The second kappa shape index (κ2) is 8.81. The van der Waals surface area contributed by atoms with Crippen LogP contribution in [-0.4, -0.2) is 52.5 Å². The molecule has 26 heavy (non-hydrogen) atoms. The first-order valence-electron chi connectivity index (χ1n) is 8.95. The molecule has 1 heterocycles. The summed E-state index contributed by atoms with van der Waals surface area (Å²) in [5.74, 6) is 3.76. The number of benzene rings is 2. The largest absolute Gasteiger partial charge is 0.497 e. The molecular weight excluding hydrogens is 330 g/mol. The Hall–Kier alpha value is -2.40. The quantitative estimate of drug-likeness (QED) is 0.722. The molecule has 140 valence electrons. The van der Waals surface area contributed by atoms with Crippen LogP contribution in [0.15, 0.2) is 42.5 Å². The number of nitrogens with zero attached hydrogens (tertiary/aromatic N) is 1. The van der Waals surface area contributed by atoms with E-state index < -0.39 is 0 Å². The normalized spacial score (nSPS) is 17.1. The van der Waals surface area contributed by atoms with Crippen molar-refractivity contribution in [3.8, 4) is 23.0 Å². The molecule has 0 radical (unpaired) electrons. The number of ether oxygens (including phenoxy) is 4. The van der Waals surface area contributed by atoms with Crippen molar-refractivity contribution in [3.05, 3.63) is 48.0 Å². The predicted octanol–water partition coefficient (Wildman–Crippen LogP) is 3.58. The van der Waals surface area contributed by atoms with Crippen LogP contribution in [0.3, 0.4) is 0 Å². The molecule has 1 aliphatic heterocycles. The first-order chi connectivity index (χ1) is 12.7. The lowest BCUT2D eigenvalue weighted by Crippen LogP contribution is -2.26. The molecule has 1 saturated heterocycles. The molecule has 0 N–H and O–H groups in total. The van der Waals surface area contributed by atoms with Crippen LogP contribution in [0.1, 0.15) is 17.9 Å². The molecule has 1 atom stereocenters. The molecule has 0 unspecified atom stereocenters. The van der Waals surface area contributed by atoms with Crippen molar-refractivity contribution in [1.29, 1.82) is 0 Å². The minimum atomic E-state index is 0.455. The van der Waals surface area contributed by atoms with E-state index in [0.717, 1.165) is 49.1 Å². The highest BCUT2D eigenvalue weighted by molar-refractivity contribution is 5.48. The molecule has 2 aromatic rings. The van der Waals surface area contributed by atoms with Gasteiger partial charge < -0.3 is 18.9 Å². The Morgan fingerprint density at radius 2 is 1.77 bits per heavy atom. The van der Waals surface area contributed by atoms with E-state index in [1.807, 2.05) is 36.4 Å². The second-order valence-corrected chi connectivity index (χ2v) is 6.40. The highest BCUT2D eigenvalue weighted by atomic mass is 16.5. The van der Waals surface area contributed by atoms with Crippen LogP contribution in [0.2, 0.25) is 0 Å². The van der Waals surface area contributed by atoms with Gasteiger partial charge in [0.05, 0.1) is 21.3 Å². The Morgan fingerprint density at radius 1 is 0.962 bits per heavy atom. The average molecular weight is 357 g/mol. The van der Waals surface area contributed by atoms with Gasteiger partial charge in [-0.2, -0.15) is 0 Å². The second-order valence-electron chi connectivity index (χ2n) is 6.40. The third-order valence-electron chi connectivity index (χ3n) is 4.86. The predicted molar refractivity (Wildman–Crippen MR) is 102 cm³/mol. The van der Waals surface area contributed by atoms with Crippen molar-refractivity contribution in [2.75, 3.05) is 47.6 Å². The first kappa shape index (κ1) is 18.4. The lowest BCUT2D eigenvalue weighted by Gasteiger charge is -2.19. The van der Waals surface area contributed by atoms with E-state index in [0.29, 0.717) is 12.5 Å². The summed E-state index contributed by atoms with van der Waals surface area (Å²) in [4.78, 5) is 2.43. The van der Waals surface area contributed by atoms with E-state index in [1.165, 1.54) is 5.56 Å². The molecule has 0 saturated carbocycles. The number of para-hydroxylation sites is 1. The molecule has 0 bridgehead atoms. The van der Waals surface area contributed by atoms with Crippen LogP contribution < -0.4 is 18.9 Å². The molecule has 5 heteroatoms.